The smallest absolute Gasteiger partial charge is 0.0678 e. The van der Waals surface area contributed by atoms with Gasteiger partial charge in [-0.2, -0.15) is 0 Å². The Labute approximate surface area is 94.6 Å². The number of hydrogen-bond donors (Lipinski definition) is 0. The van der Waals surface area contributed by atoms with E-state index in [1.54, 1.807) is 0 Å². The third-order valence-corrected chi connectivity index (χ3v) is 10.5. The van der Waals surface area contributed by atoms with Crippen LogP contribution >= 0.6 is 19.5 Å². The first-order valence-electron chi connectivity index (χ1n) is 4.87. The molecule has 0 saturated carbocycles. The van der Waals surface area contributed by atoms with Crippen LogP contribution in [-0.2, 0) is 12.6 Å². The van der Waals surface area contributed by atoms with Crippen molar-refractivity contribution in [3.8, 4) is 0 Å². The van der Waals surface area contributed by atoms with Gasteiger partial charge in [0.1, 0.15) is 0 Å². The Morgan fingerprint density at radius 3 is 1.15 bits per heavy atom. The Morgan fingerprint density at radius 2 is 1.15 bits per heavy atom. The minimum absolute atomic E-state index is 0.637. The molecule has 0 bridgehead atoms. The van der Waals surface area contributed by atoms with Crippen molar-refractivity contribution in [2.45, 2.75) is 58.5 Å². The van der Waals surface area contributed by atoms with E-state index in [0.717, 1.165) is 3.94 Å². The quantitative estimate of drug-likeness (QED) is 0.410. The molecule has 0 fully saturated rings. The summed E-state index contributed by atoms with van der Waals surface area (Å²) in [5.41, 5.74) is 1.91. The van der Waals surface area contributed by atoms with Gasteiger partial charge in [0.15, 0.2) is 0 Å². The minimum atomic E-state index is -1.24. The molecular weight excluding hydrogens is 215 g/mol. The average Bonchev–Trinajstić information content (AvgIpc) is 1.82. The van der Waals surface area contributed by atoms with Crippen molar-refractivity contribution in [1.29, 1.82) is 0 Å². The van der Waals surface area contributed by atoms with E-state index in [0.29, 0.717) is 17.0 Å². The van der Waals surface area contributed by atoms with Crippen LogP contribution in [0.1, 0.15) is 41.5 Å². The lowest BCUT2D eigenvalue weighted by molar-refractivity contribution is 0.934. The molecule has 0 aliphatic heterocycles. The van der Waals surface area contributed by atoms with Gasteiger partial charge < -0.3 is 24.8 Å². The Balaban J connectivity index is 5.19. The van der Waals surface area contributed by atoms with Gasteiger partial charge in [-0.15, -0.1) is 0 Å². The zero-order chi connectivity index (χ0) is 10.8. The molecule has 0 aromatic heterocycles. The topological polar surface area (TPSA) is 0 Å². The fraction of sp³-hybridized carbons (Fsp3) is 0.900. The summed E-state index contributed by atoms with van der Waals surface area (Å²) in [5.74, 6) is 0. The van der Waals surface area contributed by atoms with Crippen LogP contribution in [0, 0.1) is 0 Å². The van der Waals surface area contributed by atoms with E-state index in [1.165, 1.54) is 0 Å². The standard InChI is InChI=1S/C10H21PS2/c1-7(2)11(8(3)4,9(5)6)10(12)13/h7-9H,1-6H3. The highest BCUT2D eigenvalue weighted by Crippen LogP contribution is 2.70. The highest BCUT2D eigenvalue weighted by Gasteiger charge is 2.46. The molecule has 0 unspecified atom stereocenters. The molecule has 0 saturated heterocycles. The molecule has 0 atom stereocenters. The van der Waals surface area contributed by atoms with Gasteiger partial charge in [-0.1, -0.05) is 0 Å². The molecule has 0 rings (SSSR count). The Hall–Kier alpha value is 0.740. The van der Waals surface area contributed by atoms with Gasteiger partial charge in [0.05, 0.1) is 17.0 Å². The summed E-state index contributed by atoms with van der Waals surface area (Å²) in [6.07, 6.45) is 0. The van der Waals surface area contributed by atoms with Crippen LogP contribution in [0.25, 0.3) is 0 Å². The highest BCUT2D eigenvalue weighted by atomic mass is 32.1. The van der Waals surface area contributed by atoms with Crippen molar-refractivity contribution in [3.05, 3.63) is 0 Å². The Kier molecular flexibility index (Phi) is 5.28. The van der Waals surface area contributed by atoms with Gasteiger partial charge in [-0.3, -0.25) is 0 Å². The van der Waals surface area contributed by atoms with E-state index in [4.69, 9.17) is 24.8 Å². The molecule has 0 radical (unpaired) electrons. The molecule has 78 valence electrons. The van der Waals surface area contributed by atoms with Crippen LogP contribution in [0.3, 0.4) is 0 Å². The summed E-state index contributed by atoms with van der Waals surface area (Å²) in [5, 5.41) is 0. The molecule has 0 aliphatic rings. The monoisotopic (exact) mass is 236 g/mol. The van der Waals surface area contributed by atoms with Crippen molar-refractivity contribution in [3.63, 3.8) is 0 Å². The SMILES string of the molecule is CC(C)[P+](C(=S)[S-])(C(C)C)C(C)C. The lowest BCUT2D eigenvalue weighted by atomic mass is 10.5. The molecule has 0 N–H and O–H groups in total. The molecule has 0 nitrogen and oxygen atoms in total. The molecule has 0 amide bonds. The number of hydrogen-bond acceptors (Lipinski definition) is 2. The highest BCUT2D eigenvalue weighted by molar-refractivity contribution is 8.25. The zero-order valence-corrected chi connectivity index (χ0v) is 12.0. The number of thiocarbonyl (C=S) groups is 1. The fourth-order valence-electron chi connectivity index (χ4n) is 2.42. The Bertz CT molecular complexity index is 164. The number of rotatable bonds is 4. The van der Waals surface area contributed by atoms with Gasteiger partial charge in [-0.05, 0) is 41.5 Å². The van der Waals surface area contributed by atoms with E-state index in [9.17, 15) is 0 Å². The molecule has 0 aliphatic carbocycles. The first kappa shape index (κ1) is 13.7. The zero-order valence-electron chi connectivity index (χ0n) is 9.50. The van der Waals surface area contributed by atoms with Crippen molar-refractivity contribution in [2.75, 3.05) is 0 Å². The summed E-state index contributed by atoms with van der Waals surface area (Å²) in [6.45, 7) is 13.6. The second kappa shape index (κ2) is 5.00. The van der Waals surface area contributed by atoms with E-state index < -0.39 is 7.26 Å². The largest absolute Gasteiger partial charge is 0.390 e. The van der Waals surface area contributed by atoms with Crippen LogP contribution in [0.15, 0.2) is 0 Å². The molecule has 0 heterocycles. The van der Waals surface area contributed by atoms with E-state index in [2.05, 4.69) is 41.5 Å². The minimum Gasteiger partial charge on any atom is -0.390 e. The van der Waals surface area contributed by atoms with E-state index in [-0.39, 0.29) is 0 Å². The van der Waals surface area contributed by atoms with Crippen LogP contribution in [0.5, 0.6) is 0 Å². The first-order valence-corrected chi connectivity index (χ1v) is 7.68. The molecule has 0 aromatic carbocycles. The maximum atomic E-state index is 5.32. The van der Waals surface area contributed by atoms with Crippen molar-refractivity contribution < 1.29 is 0 Å². The summed E-state index contributed by atoms with van der Waals surface area (Å²) >= 11 is 10.6. The van der Waals surface area contributed by atoms with E-state index in [1.807, 2.05) is 0 Å². The van der Waals surface area contributed by atoms with Gasteiger partial charge in [-0.25, -0.2) is 0 Å². The van der Waals surface area contributed by atoms with Crippen LogP contribution in [-0.4, -0.2) is 20.9 Å². The second-order valence-corrected chi connectivity index (χ2v) is 11.3. The molecule has 13 heavy (non-hydrogen) atoms. The summed E-state index contributed by atoms with van der Waals surface area (Å²) in [7, 11) is -1.24. The summed E-state index contributed by atoms with van der Waals surface area (Å²) in [6, 6.07) is 0. The van der Waals surface area contributed by atoms with Gasteiger partial charge in [0.25, 0.3) is 0 Å². The van der Waals surface area contributed by atoms with Crippen molar-refractivity contribution >= 4 is 36.0 Å². The third-order valence-electron chi connectivity index (χ3n) is 2.88. The fourth-order valence-corrected chi connectivity index (χ4v) is 11.1. The first-order chi connectivity index (χ1) is 5.77. The van der Waals surface area contributed by atoms with Crippen molar-refractivity contribution in [2.24, 2.45) is 0 Å². The lowest BCUT2D eigenvalue weighted by Gasteiger charge is -2.40. The average molecular weight is 236 g/mol. The normalized spacial score (nSPS) is 13.0. The summed E-state index contributed by atoms with van der Waals surface area (Å²) < 4.78 is 0.868. The van der Waals surface area contributed by atoms with Gasteiger partial charge in [0, 0.05) is 11.2 Å². The lowest BCUT2D eigenvalue weighted by Crippen LogP contribution is -2.27. The Morgan fingerprint density at radius 1 is 0.923 bits per heavy atom. The molecule has 3 heteroatoms. The van der Waals surface area contributed by atoms with Crippen LogP contribution in [0.2, 0.25) is 0 Å². The predicted octanol–water partition coefficient (Wildman–Crippen LogP) is 4.06. The van der Waals surface area contributed by atoms with E-state index >= 15 is 0 Å². The van der Waals surface area contributed by atoms with Crippen molar-refractivity contribution in [1.82, 2.24) is 0 Å². The van der Waals surface area contributed by atoms with Gasteiger partial charge in [0.2, 0.25) is 0 Å². The molecule has 0 aromatic rings. The van der Waals surface area contributed by atoms with Gasteiger partial charge >= 0.3 is 0 Å². The predicted molar refractivity (Wildman–Crippen MR) is 72.3 cm³/mol. The van der Waals surface area contributed by atoms with Crippen LogP contribution < -0.4 is 0 Å². The molecular formula is C10H21PS2. The third kappa shape index (κ3) is 2.40. The maximum Gasteiger partial charge on any atom is 0.0678 e. The second-order valence-electron chi connectivity index (χ2n) is 4.38. The van der Waals surface area contributed by atoms with Crippen LogP contribution in [0.4, 0.5) is 0 Å². The maximum absolute atomic E-state index is 5.32. The molecule has 0 spiro atoms. The summed E-state index contributed by atoms with van der Waals surface area (Å²) in [4.78, 5) is 0.